The van der Waals surface area contributed by atoms with E-state index in [1.165, 1.54) is 11.8 Å². The number of rotatable bonds is 4. The second-order valence-electron chi connectivity index (χ2n) is 5.90. The lowest BCUT2D eigenvalue weighted by Gasteiger charge is -2.04. The molecule has 1 heterocycles. The Kier molecular flexibility index (Phi) is 5.66. The molecule has 0 atom stereocenters. The topological polar surface area (TPSA) is 79.1 Å². The number of aryl methyl sites for hydroxylation is 1. The minimum Gasteiger partial charge on any atom is -0.508 e. The summed E-state index contributed by atoms with van der Waals surface area (Å²) in [6, 6.07) is 14.2. The fourth-order valence-corrected chi connectivity index (χ4v) is 3.53. The molecule has 0 saturated heterocycles. The Morgan fingerprint density at radius 3 is 2.59 bits per heavy atom. The van der Waals surface area contributed by atoms with Gasteiger partial charge in [-0.15, -0.1) is 0 Å². The minimum atomic E-state index is -0.618. The zero-order chi connectivity index (χ0) is 19.4. The number of carbonyl (C=O) groups excluding carboxylic acids is 1. The van der Waals surface area contributed by atoms with Crippen molar-refractivity contribution >= 4 is 34.5 Å². The maximum atomic E-state index is 12.4. The highest BCUT2D eigenvalue weighted by Gasteiger charge is 2.33. The maximum Gasteiger partial charge on any atom is 0.344 e. The molecule has 0 aromatic heterocycles. The summed E-state index contributed by atoms with van der Waals surface area (Å²) in [5.74, 6) is -0.671. The predicted molar refractivity (Wildman–Crippen MR) is 108 cm³/mol. The third-order valence-electron chi connectivity index (χ3n) is 3.80. The number of aliphatic imine (C=N–C) groups is 1. The normalized spacial score (nSPS) is 17.0. The van der Waals surface area contributed by atoms with Gasteiger partial charge in [-0.3, -0.25) is 0 Å². The maximum absolute atomic E-state index is 12.4. The van der Waals surface area contributed by atoms with E-state index < -0.39 is 5.97 Å². The van der Waals surface area contributed by atoms with E-state index in [0.29, 0.717) is 21.2 Å². The summed E-state index contributed by atoms with van der Waals surface area (Å²) in [5.41, 5.74) is 2.53. The van der Waals surface area contributed by atoms with Crippen LogP contribution >= 0.6 is 11.8 Å². The Hall–Kier alpha value is -2.99. The number of carbonyl (C=O) groups is 1. The van der Waals surface area contributed by atoms with Gasteiger partial charge in [-0.1, -0.05) is 41.6 Å². The first-order valence-corrected chi connectivity index (χ1v) is 9.24. The van der Waals surface area contributed by atoms with Gasteiger partial charge in [-0.05, 0) is 49.8 Å². The summed E-state index contributed by atoms with van der Waals surface area (Å²) >= 11 is 1.19. The van der Waals surface area contributed by atoms with E-state index in [1.807, 2.05) is 31.2 Å². The molecule has 0 aliphatic carbocycles. The van der Waals surface area contributed by atoms with Crippen molar-refractivity contribution in [3.63, 3.8) is 0 Å². The standard InChI is InChI=1S/C21H19NO4S/c1-3-26-21(25)18-19(24)17(12-14-5-4-6-16(23)11-14)27-20(18)22-15-9-7-13(2)8-10-15/h4-12,23-24H,3H2,1-2H3/b17-12+,22-20?. The number of thioether (sulfide) groups is 1. The van der Waals surface area contributed by atoms with Crippen LogP contribution in [0.15, 0.2) is 69.8 Å². The Balaban J connectivity index is 2.03. The largest absolute Gasteiger partial charge is 0.508 e. The van der Waals surface area contributed by atoms with Crippen molar-refractivity contribution in [1.29, 1.82) is 0 Å². The van der Waals surface area contributed by atoms with Crippen LogP contribution in [0.1, 0.15) is 18.1 Å². The first-order chi connectivity index (χ1) is 13.0. The van der Waals surface area contributed by atoms with Gasteiger partial charge in [-0.2, -0.15) is 0 Å². The molecule has 3 rings (SSSR count). The number of hydrogen-bond acceptors (Lipinski definition) is 6. The Morgan fingerprint density at radius 1 is 1.19 bits per heavy atom. The van der Waals surface area contributed by atoms with Crippen LogP contribution in [-0.4, -0.2) is 27.8 Å². The van der Waals surface area contributed by atoms with Crippen molar-refractivity contribution in [2.24, 2.45) is 4.99 Å². The van der Waals surface area contributed by atoms with Crippen LogP contribution in [0, 0.1) is 6.92 Å². The van der Waals surface area contributed by atoms with Crippen molar-refractivity contribution in [1.82, 2.24) is 0 Å². The van der Waals surface area contributed by atoms with Gasteiger partial charge >= 0.3 is 5.97 Å². The lowest BCUT2D eigenvalue weighted by atomic mass is 10.1. The molecule has 0 amide bonds. The third-order valence-corrected chi connectivity index (χ3v) is 4.82. The quantitative estimate of drug-likeness (QED) is 0.737. The molecular formula is C21H19NO4S. The highest BCUT2D eigenvalue weighted by atomic mass is 32.2. The third kappa shape index (κ3) is 4.41. The lowest BCUT2D eigenvalue weighted by molar-refractivity contribution is -0.138. The SMILES string of the molecule is CCOC(=O)C1=C(O)/C(=C\c2cccc(O)c2)SC1=Nc1ccc(C)cc1. The first-order valence-electron chi connectivity index (χ1n) is 8.43. The van der Waals surface area contributed by atoms with E-state index in [2.05, 4.69) is 4.99 Å². The van der Waals surface area contributed by atoms with Gasteiger partial charge in [0.15, 0.2) is 0 Å². The molecule has 0 bridgehead atoms. The van der Waals surface area contributed by atoms with E-state index >= 15 is 0 Å². The number of aromatic hydroxyl groups is 1. The van der Waals surface area contributed by atoms with Gasteiger partial charge in [0.1, 0.15) is 22.1 Å². The van der Waals surface area contributed by atoms with Crippen molar-refractivity contribution in [2.75, 3.05) is 6.61 Å². The molecule has 2 aromatic rings. The number of hydrogen-bond donors (Lipinski definition) is 2. The van der Waals surface area contributed by atoms with E-state index in [-0.39, 0.29) is 23.7 Å². The van der Waals surface area contributed by atoms with Gasteiger partial charge in [-0.25, -0.2) is 9.79 Å². The average Bonchev–Trinajstić information content (AvgIpc) is 2.92. The molecule has 138 valence electrons. The van der Waals surface area contributed by atoms with E-state index in [1.54, 1.807) is 37.3 Å². The van der Waals surface area contributed by atoms with E-state index in [9.17, 15) is 15.0 Å². The smallest absolute Gasteiger partial charge is 0.344 e. The zero-order valence-corrected chi connectivity index (χ0v) is 15.8. The fraction of sp³-hybridized carbons (Fsp3) is 0.143. The van der Waals surface area contributed by atoms with Crippen LogP contribution < -0.4 is 0 Å². The summed E-state index contributed by atoms with van der Waals surface area (Å²) in [6.45, 7) is 3.88. The molecule has 2 N–H and O–H groups in total. The summed E-state index contributed by atoms with van der Waals surface area (Å²) in [4.78, 5) is 17.3. The molecule has 0 fully saturated rings. The molecule has 0 radical (unpaired) electrons. The van der Waals surface area contributed by atoms with Gasteiger partial charge in [0, 0.05) is 0 Å². The van der Waals surface area contributed by atoms with Crippen molar-refractivity contribution in [3.8, 4) is 5.75 Å². The Morgan fingerprint density at radius 2 is 1.93 bits per heavy atom. The van der Waals surface area contributed by atoms with E-state index in [0.717, 1.165) is 5.56 Å². The number of aliphatic hydroxyl groups excluding tert-OH is 1. The molecular weight excluding hydrogens is 362 g/mol. The number of esters is 1. The highest BCUT2D eigenvalue weighted by Crippen LogP contribution is 2.40. The number of ether oxygens (including phenoxy) is 1. The zero-order valence-electron chi connectivity index (χ0n) is 15.0. The summed E-state index contributed by atoms with van der Waals surface area (Å²) in [5, 5.41) is 20.6. The molecule has 0 unspecified atom stereocenters. The molecule has 1 aliphatic rings. The molecule has 6 heteroatoms. The van der Waals surface area contributed by atoms with Crippen molar-refractivity contribution < 1.29 is 19.7 Å². The highest BCUT2D eigenvalue weighted by molar-refractivity contribution is 8.18. The number of benzene rings is 2. The summed E-state index contributed by atoms with van der Waals surface area (Å²) in [7, 11) is 0. The summed E-state index contributed by atoms with van der Waals surface area (Å²) in [6.07, 6.45) is 1.69. The Labute approximate surface area is 161 Å². The molecule has 1 aliphatic heterocycles. The first kappa shape index (κ1) is 18.8. The van der Waals surface area contributed by atoms with Gasteiger partial charge in [0.05, 0.1) is 17.2 Å². The second kappa shape index (κ2) is 8.14. The van der Waals surface area contributed by atoms with Crippen LogP contribution in [0.4, 0.5) is 5.69 Å². The average molecular weight is 381 g/mol. The molecule has 5 nitrogen and oxygen atoms in total. The number of phenolic OH excluding ortho intramolecular Hbond substituents is 1. The van der Waals surface area contributed by atoms with E-state index in [4.69, 9.17) is 4.74 Å². The van der Waals surface area contributed by atoms with Crippen LogP contribution in [0.2, 0.25) is 0 Å². The predicted octanol–water partition coefficient (Wildman–Crippen LogP) is 4.89. The van der Waals surface area contributed by atoms with Crippen molar-refractivity contribution in [3.05, 3.63) is 75.9 Å². The van der Waals surface area contributed by atoms with Crippen LogP contribution in [0.25, 0.3) is 6.08 Å². The van der Waals surface area contributed by atoms with Crippen LogP contribution in [0.5, 0.6) is 5.75 Å². The van der Waals surface area contributed by atoms with Gasteiger partial charge in [0.2, 0.25) is 0 Å². The minimum absolute atomic E-state index is 0.0498. The monoisotopic (exact) mass is 381 g/mol. The number of phenols is 1. The molecule has 2 aromatic carbocycles. The number of aliphatic hydroxyl groups is 1. The lowest BCUT2D eigenvalue weighted by Crippen LogP contribution is -2.12. The van der Waals surface area contributed by atoms with Crippen LogP contribution in [-0.2, 0) is 9.53 Å². The van der Waals surface area contributed by atoms with Gasteiger partial charge in [0.25, 0.3) is 0 Å². The van der Waals surface area contributed by atoms with Crippen LogP contribution in [0.3, 0.4) is 0 Å². The fourth-order valence-electron chi connectivity index (χ4n) is 2.49. The second-order valence-corrected chi connectivity index (χ2v) is 6.93. The molecule has 27 heavy (non-hydrogen) atoms. The van der Waals surface area contributed by atoms with Crippen molar-refractivity contribution in [2.45, 2.75) is 13.8 Å². The molecule has 0 spiro atoms. The Bertz CT molecular complexity index is 958. The molecule has 0 saturated carbocycles. The number of nitrogens with zero attached hydrogens (tertiary/aromatic N) is 1. The summed E-state index contributed by atoms with van der Waals surface area (Å²) < 4.78 is 5.08. The van der Waals surface area contributed by atoms with Gasteiger partial charge < -0.3 is 14.9 Å².